The molecule has 0 aromatic heterocycles. The van der Waals surface area contributed by atoms with E-state index in [1.165, 1.54) is 35.1 Å². The van der Waals surface area contributed by atoms with E-state index in [0.29, 0.717) is 17.9 Å². The van der Waals surface area contributed by atoms with Gasteiger partial charge >= 0.3 is 0 Å². The Morgan fingerprint density at radius 1 is 1.04 bits per heavy atom. The first-order valence-corrected chi connectivity index (χ1v) is 10.1. The van der Waals surface area contributed by atoms with Crippen LogP contribution >= 0.6 is 0 Å². The molecule has 1 aliphatic carbocycles. The quantitative estimate of drug-likeness (QED) is 0.558. The van der Waals surface area contributed by atoms with Crippen LogP contribution in [0.4, 0.5) is 0 Å². The second kappa shape index (κ2) is 7.14. The van der Waals surface area contributed by atoms with Crippen molar-refractivity contribution < 1.29 is 9.53 Å². The Morgan fingerprint density at radius 3 is 2.41 bits per heavy atom. The number of aldehydes is 1. The molecular formula is C25H32O2. The molecule has 0 radical (unpaired) electrons. The predicted molar refractivity (Wildman–Crippen MR) is 113 cm³/mol. The summed E-state index contributed by atoms with van der Waals surface area (Å²) in [5.74, 6) is 0.678. The van der Waals surface area contributed by atoms with Crippen LogP contribution in [0.3, 0.4) is 0 Å². The Bertz CT molecular complexity index is 859. The summed E-state index contributed by atoms with van der Waals surface area (Å²) in [4.78, 5) is 11.7. The van der Waals surface area contributed by atoms with Gasteiger partial charge in [0.15, 0.2) is 6.29 Å². The van der Waals surface area contributed by atoms with Crippen molar-refractivity contribution in [1.82, 2.24) is 0 Å². The monoisotopic (exact) mass is 364 g/mol. The fraction of sp³-hybridized carbons (Fsp3) is 0.480. The molecule has 0 aliphatic heterocycles. The molecule has 0 heterocycles. The molecule has 27 heavy (non-hydrogen) atoms. The third kappa shape index (κ3) is 3.67. The normalized spacial score (nSPS) is 17.3. The Balaban J connectivity index is 2.21. The van der Waals surface area contributed by atoms with Crippen molar-refractivity contribution in [2.24, 2.45) is 0 Å². The molecule has 0 spiro atoms. The summed E-state index contributed by atoms with van der Waals surface area (Å²) in [6.45, 7) is 14.3. The number of benzene rings is 2. The Morgan fingerprint density at radius 2 is 1.74 bits per heavy atom. The lowest BCUT2D eigenvalue weighted by molar-refractivity contribution is 0.111. The molecule has 2 aromatic carbocycles. The lowest BCUT2D eigenvalue weighted by Crippen LogP contribution is -2.34. The first kappa shape index (κ1) is 19.7. The van der Waals surface area contributed by atoms with E-state index >= 15 is 0 Å². The molecule has 144 valence electrons. The van der Waals surface area contributed by atoms with Crippen molar-refractivity contribution >= 4 is 6.29 Å². The summed E-state index contributed by atoms with van der Waals surface area (Å²) in [6, 6.07) is 10.7. The molecular weight excluding hydrogens is 332 g/mol. The van der Waals surface area contributed by atoms with Gasteiger partial charge in [0.25, 0.3) is 0 Å². The maximum Gasteiger partial charge on any atom is 0.153 e. The van der Waals surface area contributed by atoms with Gasteiger partial charge in [-0.2, -0.15) is 0 Å². The molecule has 0 fully saturated rings. The standard InChI is InChI=1S/C25H32O2/c1-7-12-27-22-9-8-18(15-19(22)16-26)20-13-17(2)14-21-23(20)25(5,6)11-10-24(21,3)4/h8-9,13-16H,7,10-12H2,1-6H3. The smallest absolute Gasteiger partial charge is 0.153 e. The van der Waals surface area contributed by atoms with Crippen LogP contribution in [-0.2, 0) is 10.8 Å². The maximum absolute atomic E-state index is 11.7. The maximum atomic E-state index is 11.7. The van der Waals surface area contributed by atoms with Crippen molar-refractivity contribution in [1.29, 1.82) is 0 Å². The van der Waals surface area contributed by atoms with Gasteiger partial charge in [0.2, 0.25) is 0 Å². The van der Waals surface area contributed by atoms with E-state index in [-0.39, 0.29) is 10.8 Å². The average molecular weight is 365 g/mol. The number of ether oxygens (including phenoxy) is 1. The summed E-state index contributed by atoms with van der Waals surface area (Å²) in [7, 11) is 0. The van der Waals surface area contributed by atoms with E-state index < -0.39 is 0 Å². The molecule has 0 atom stereocenters. The van der Waals surface area contributed by atoms with E-state index in [0.717, 1.165) is 18.3 Å². The first-order valence-electron chi connectivity index (χ1n) is 10.1. The third-order valence-electron chi connectivity index (χ3n) is 5.97. The summed E-state index contributed by atoms with van der Waals surface area (Å²) >= 11 is 0. The molecule has 0 bridgehead atoms. The number of carbonyl (C=O) groups excluding carboxylic acids is 1. The zero-order chi connectivity index (χ0) is 19.8. The van der Waals surface area contributed by atoms with Crippen molar-refractivity contribution in [2.75, 3.05) is 6.61 Å². The highest BCUT2D eigenvalue weighted by Crippen LogP contribution is 2.50. The second-order valence-corrected chi connectivity index (χ2v) is 9.22. The first-order chi connectivity index (χ1) is 12.7. The minimum Gasteiger partial charge on any atom is -0.493 e. The van der Waals surface area contributed by atoms with Gasteiger partial charge in [-0.15, -0.1) is 0 Å². The molecule has 1 aliphatic rings. The van der Waals surface area contributed by atoms with Gasteiger partial charge in [-0.05, 0) is 71.4 Å². The van der Waals surface area contributed by atoms with Crippen LogP contribution in [-0.4, -0.2) is 12.9 Å². The zero-order valence-electron chi connectivity index (χ0n) is 17.6. The highest BCUT2D eigenvalue weighted by molar-refractivity contribution is 5.84. The van der Waals surface area contributed by atoms with Gasteiger partial charge in [-0.1, -0.05) is 58.4 Å². The molecule has 0 saturated carbocycles. The molecule has 0 saturated heterocycles. The number of hydrogen-bond acceptors (Lipinski definition) is 2. The van der Waals surface area contributed by atoms with Gasteiger partial charge in [0.1, 0.15) is 5.75 Å². The minimum absolute atomic E-state index is 0.118. The predicted octanol–water partition coefficient (Wildman–Crippen LogP) is 6.61. The molecule has 0 N–H and O–H groups in total. The highest BCUT2D eigenvalue weighted by Gasteiger charge is 2.39. The molecule has 2 heteroatoms. The average Bonchev–Trinajstić information content (AvgIpc) is 2.63. The Hall–Kier alpha value is -2.09. The van der Waals surface area contributed by atoms with Gasteiger partial charge in [-0.3, -0.25) is 4.79 Å². The van der Waals surface area contributed by atoms with E-state index in [4.69, 9.17) is 4.74 Å². The van der Waals surface area contributed by atoms with Gasteiger partial charge in [-0.25, -0.2) is 0 Å². The SMILES string of the molecule is CCCOc1ccc(-c2cc(C)cc3c2C(C)(C)CCC3(C)C)cc1C=O. The molecule has 2 aromatic rings. The van der Waals surface area contributed by atoms with Gasteiger partial charge in [0, 0.05) is 0 Å². The third-order valence-corrected chi connectivity index (χ3v) is 5.97. The number of rotatable bonds is 5. The fourth-order valence-electron chi connectivity index (χ4n) is 4.31. The van der Waals surface area contributed by atoms with Gasteiger partial charge < -0.3 is 4.74 Å². The van der Waals surface area contributed by atoms with Crippen molar-refractivity contribution in [3.63, 3.8) is 0 Å². The summed E-state index contributed by atoms with van der Waals surface area (Å²) in [5, 5.41) is 0. The van der Waals surface area contributed by atoms with Crippen molar-refractivity contribution in [2.45, 2.75) is 71.6 Å². The van der Waals surface area contributed by atoms with Crippen LogP contribution in [0, 0.1) is 6.92 Å². The highest BCUT2D eigenvalue weighted by atomic mass is 16.5. The lowest BCUT2D eigenvalue weighted by Gasteiger charge is -2.43. The second-order valence-electron chi connectivity index (χ2n) is 9.22. The van der Waals surface area contributed by atoms with Crippen LogP contribution < -0.4 is 4.74 Å². The number of hydrogen-bond donors (Lipinski definition) is 0. The van der Waals surface area contributed by atoms with Crippen molar-refractivity contribution in [3.05, 3.63) is 52.6 Å². The van der Waals surface area contributed by atoms with Crippen LogP contribution in [0.2, 0.25) is 0 Å². The van der Waals surface area contributed by atoms with Crippen molar-refractivity contribution in [3.8, 4) is 16.9 Å². The number of fused-ring (bicyclic) bond motifs is 1. The fourth-order valence-corrected chi connectivity index (χ4v) is 4.31. The van der Waals surface area contributed by atoms with Crippen LogP contribution in [0.25, 0.3) is 11.1 Å². The largest absolute Gasteiger partial charge is 0.493 e. The zero-order valence-corrected chi connectivity index (χ0v) is 17.6. The number of carbonyl (C=O) groups is 1. The van der Waals surface area contributed by atoms with E-state index in [1.807, 2.05) is 12.1 Å². The summed E-state index contributed by atoms with van der Waals surface area (Å²) in [6.07, 6.45) is 4.20. The van der Waals surface area contributed by atoms with E-state index in [1.54, 1.807) is 0 Å². The van der Waals surface area contributed by atoms with Gasteiger partial charge in [0.05, 0.1) is 12.2 Å². The lowest BCUT2D eigenvalue weighted by atomic mass is 9.61. The Kier molecular flexibility index (Phi) is 5.20. The summed E-state index contributed by atoms with van der Waals surface area (Å²) in [5.41, 5.74) is 7.43. The van der Waals surface area contributed by atoms with E-state index in [2.05, 4.69) is 59.7 Å². The molecule has 3 rings (SSSR count). The minimum atomic E-state index is 0.118. The van der Waals surface area contributed by atoms with E-state index in [9.17, 15) is 4.79 Å². The molecule has 2 nitrogen and oxygen atoms in total. The molecule has 0 amide bonds. The number of aryl methyl sites for hydroxylation is 1. The summed E-state index contributed by atoms with van der Waals surface area (Å²) < 4.78 is 5.75. The Labute approximate surface area is 164 Å². The van der Waals surface area contributed by atoms with Crippen LogP contribution in [0.15, 0.2) is 30.3 Å². The topological polar surface area (TPSA) is 26.3 Å². The van der Waals surface area contributed by atoms with Crippen LogP contribution in [0.1, 0.15) is 80.9 Å². The van der Waals surface area contributed by atoms with Crippen LogP contribution in [0.5, 0.6) is 5.75 Å². The molecule has 0 unspecified atom stereocenters.